The van der Waals surface area contributed by atoms with E-state index in [1.165, 1.54) is 14.2 Å². The lowest BCUT2D eigenvalue weighted by Crippen LogP contribution is -2.44. The van der Waals surface area contributed by atoms with Crippen molar-refractivity contribution in [3.63, 3.8) is 0 Å². The summed E-state index contributed by atoms with van der Waals surface area (Å²) >= 11 is 0. The Balaban J connectivity index is 0. The maximum Gasteiger partial charge on any atom is 0.309 e. The van der Waals surface area contributed by atoms with Gasteiger partial charge in [-0.2, -0.15) is 10.5 Å². The molecule has 0 spiro atoms. The lowest BCUT2D eigenvalue weighted by molar-refractivity contribution is -0.148. The summed E-state index contributed by atoms with van der Waals surface area (Å²) in [6, 6.07) is 3.88. The number of carbonyl (C=O) groups excluding carboxylic acids is 2. The number of carbonyl (C=O) groups is 2. The molecule has 4 atom stereocenters. The van der Waals surface area contributed by atoms with E-state index < -0.39 is 26.4 Å². The van der Waals surface area contributed by atoms with Crippen molar-refractivity contribution in [2.45, 2.75) is 91.6 Å². The maximum absolute atomic E-state index is 11.8. The number of nitrogens with zero attached hydrogens (tertiary/aromatic N) is 2. The monoisotopic (exact) mass is 484 g/mol. The minimum Gasteiger partial charge on any atom is -0.469 e. The first-order valence-corrected chi connectivity index (χ1v) is 14.2. The van der Waals surface area contributed by atoms with Gasteiger partial charge in [0.25, 0.3) is 0 Å². The molecule has 8 nitrogen and oxygen atoms in total. The van der Waals surface area contributed by atoms with Gasteiger partial charge in [0.05, 0.1) is 38.2 Å². The normalized spacial score (nSPS) is 15.3. The van der Waals surface area contributed by atoms with Gasteiger partial charge in [0.2, 0.25) is 0 Å². The van der Waals surface area contributed by atoms with Crippen LogP contribution in [0, 0.1) is 46.3 Å². The Morgan fingerprint density at radius 2 is 1.27 bits per heavy atom. The fourth-order valence-electron chi connectivity index (χ4n) is 2.77. The highest BCUT2D eigenvalue weighted by atomic mass is 28.4. The molecule has 9 heteroatoms. The molecule has 0 radical (unpaired) electrons. The topological polar surface area (TPSA) is 130 Å². The molecule has 0 unspecified atom stereocenters. The van der Waals surface area contributed by atoms with Crippen molar-refractivity contribution in [1.82, 2.24) is 0 Å². The number of hydrogen-bond acceptors (Lipinski definition) is 8. The minimum absolute atomic E-state index is 0.0424. The van der Waals surface area contributed by atoms with Crippen LogP contribution >= 0.6 is 0 Å². The second-order valence-corrected chi connectivity index (χ2v) is 15.1. The van der Waals surface area contributed by atoms with E-state index in [4.69, 9.17) is 19.5 Å². The number of esters is 2. The van der Waals surface area contributed by atoms with Gasteiger partial charge in [-0.1, -0.05) is 48.5 Å². The maximum atomic E-state index is 11.8. The van der Waals surface area contributed by atoms with Crippen molar-refractivity contribution >= 4 is 20.3 Å². The van der Waals surface area contributed by atoms with Gasteiger partial charge in [-0.3, -0.25) is 9.59 Å². The zero-order valence-corrected chi connectivity index (χ0v) is 23.3. The summed E-state index contributed by atoms with van der Waals surface area (Å²) in [6.45, 7) is 18.2. The smallest absolute Gasteiger partial charge is 0.309 e. The van der Waals surface area contributed by atoms with Crippen LogP contribution in [0.3, 0.4) is 0 Å². The minimum atomic E-state index is -2.01. The quantitative estimate of drug-likeness (QED) is 0.273. The summed E-state index contributed by atoms with van der Waals surface area (Å²) < 4.78 is 15.5. The fourth-order valence-corrected chi connectivity index (χ4v) is 3.98. The zero-order valence-electron chi connectivity index (χ0n) is 22.3. The summed E-state index contributed by atoms with van der Waals surface area (Å²) in [6.07, 6.45) is -1.11. The number of aliphatic hydroxyl groups is 1. The largest absolute Gasteiger partial charge is 0.469 e. The molecule has 0 aliphatic rings. The fraction of sp³-hybridized carbons (Fsp3) is 0.833. The summed E-state index contributed by atoms with van der Waals surface area (Å²) in [4.78, 5) is 23.0. The van der Waals surface area contributed by atoms with Crippen LogP contribution in [0.1, 0.15) is 61.3 Å². The molecule has 1 N–H and O–H groups in total. The Bertz CT molecular complexity index is 689. The average Bonchev–Trinajstić information content (AvgIpc) is 2.72. The molecule has 0 aliphatic heterocycles. The number of ether oxygens (including phenoxy) is 2. The Kier molecular flexibility index (Phi) is 15.2. The van der Waals surface area contributed by atoms with Crippen molar-refractivity contribution in [3.05, 3.63) is 0 Å². The van der Waals surface area contributed by atoms with E-state index in [-0.39, 0.29) is 41.2 Å². The van der Waals surface area contributed by atoms with Crippen LogP contribution in [0.2, 0.25) is 18.1 Å². The van der Waals surface area contributed by atoms with Crippen LogP contribution in [0.4, 0.5) is 0 Å². The third kappa shape index (κ3) is 12.2. The number of aliphatic hydroxyl groups excluding tert-OH is 1. The number of methoxy groups -OCH3 is 2. The zero-order chi connectivity index (χ0) is 26.6. The van der Waals surface area contributed by atoms with Crippen LogP contribution < -0.4 is 0 Å². The average molecular weight is 485 g/mol. The second kappa shape index (κ2) is 15.1. The van der Waals surface area contributed by atoms with Gasteiger partial charge in [-0.15, -0.1) is 0 Å². The molecule has 0 saturated heterocycles. The first-order chi connectivity index (χ1) is 15.0. The molecule has 0 aromatic rings. The van der Waals surface area contributed by atoms with Gasteiger partial charge in [-0.25, -0.2) is 0 Å². The first-order valence-electron chi connectivity index (χ1n) is 11.3. The Morgan fingerprint density at radius 1 is 0.879 bits per heavy atom. The molecule has 0 bridgehead atoms. The lowest BCUT2D eigenvalue weighted by atomic mass is 9.90. The molecule has 0 amide bonds. The van der Waals surface area contributed by atoms with Crippen LogP contribution in [0.15, 0.2) is 0 Å². The van der Waals surface area contributed by atoms with Crippen molar-refractivity contribution < 1.29 is 28.6 Å². The lowest BCUT2D eigenvalue weighted by Gasteiger charge is -2.38. The van der Waals surface area contributed by atoms with Crippen LogP contribution in [-0.4, -0.2) is 51.8 Å². The number of rotatable bonds is 10. The van der Waals surface area contributed by atoms with Gasteiger partial charge < -0.3 is 19.0 Å². The van der Waals surface area contributed by atoms with E-state index >= 15 is 0 Å². The van der Waals surface area contributed by atoms with E-state index in [1.54, 1.807) is 6.07 Å². The molecule has 0 aromatic heterocycles. The Labute approximate surface area is 201 Å². The molecular formula is C24H44N2O6Si. The van der Waals surface area contributed by atoms with E-state index in [2.05, 4.69) is 44.7 Å². The predicted octanol–water partition coefficient (Wildman–Crippen LogP) is 4.44. The highest BCUT2D eigenvalue weighted by Crippen LogP contribution is 2.38. The van der Waals surface area contributed by atoms with Crippen LogP contribution in [0.5, 0.6) is 0 Å². The summed E-state index contributed by atoms with van der Waals surface area (Å²) in [5, 5.41) is 26.8. The third-order valence-corrected chi connectivity index (χ3v) is 10.6. The molecule has 0 rings (SSSR count). The van der Waals surface area contributed by atoms with Crippen LogP contribution in [0.25, 0.3) is 0 Å². The molecule has 0 heterocycles. The summed E-state index contributed by atoms with van der Waals surface area (Å²) in [7, 11) is 0.675. The van der Waals surface area contributed by atoms with Crippen molar-refractivity contribution in [1.29, 1.82) is 10.5 Å². The van der Waals surface area contributed by atoms with Crippen molar-refractivity contribution in [2.24, 2.45) is 23.7 Å². The Morgan fingerprint density at radius 3 is 1.55 bits per heavy atom. The van der Waals surface area contributed by atoms with Crippen molar-refractivity contribution in [2.75, 3.05) is 14.2 Å². The number of hydrogen-bond donors (Lipinski definition) is 1. The molecule has 33 heavy (non-hydrogen) atoms. The van der Waals surface area contributed by atoms with Gasteiger partial charge in [-0.05, 0) is 36.4 Å². The van der Waals surface area contributed by atoms with Gasteiger partial charge in [0, 0.05) is 6.42 Å². The molecule has 0 fully saturated rings. The SMILES string of the molecule is COC(=O)[C@@H](C[C@@H](C#N)O[Si](C)(C)C(C)(C)C)C(C)C.COC(=O)[C@@H](C[C@H](O)C#N)C(C)C. The van der Waals surface area contributed by atoms with Gasteiger partial charge >= 0.3 is 11.9 Å². The second-order valence-electron chi connectivity index (χ2n) is 10.4. The summed E-state index contributed by atoms with van der Waals surface area (Å²) in [5.41, 5.74) is 0. The Hall–Kier alpha value is -1.94. The molecular weight excluding hydrogens is 440 g/mol. The third-order valence-electron chi connectivity index (χ3n) is 6.10. The van der Waals surface area contributed by atoms with Crippen molar-refractivity contribution in [3.8, 4) is 12.1 Å². The molecule has 0 aromatic carbocycles. The van der Waals surface area contributed by atoms with Gasteiger partial charge in [0.15, 0.2) is 8.32 Å². The van der Waals surface area contributed by atoms with Crippen LogP contribution in [-0.2, 0) is 23.5 Å². The van der Waals surface area contributed by atoms with E-state index in [1.807, 2.05) is 27.7 Å². The molecule has 0 aliphatic carbocycles. The van der Waals surface area contributed by atoms with E-state index in [9.17, 15) is 14.9 Å². The highest BCUT2D eigenvalue weighted by Gasteiger charge is 2.40. The molecule has 190 valence electrons. The van der Waals surface area contributed by atoms with Gasteiger partial charge in [0.1, 0.15) is 12.2 Å². The first kappa shape index (κ1) is 33.2. The van der Waals surface area contributed by atoms with E-state index in [0.29, 0.717) is 6.42 Å². The standard InChI is InChI=1S/C15H29NO3Si.C9H15NO3/c1-11(2)13(14(17)18-6)9-12(10-16)19-20(7,8)15(3,4)5;1-6(2)8(9(12)13-3)4-7(11)5-10/h11-13H,9H2,1-8H3;6-8,11H,4H2,1-3H3/t12-,13-;7-,8-/m00/s1. The highest BCUT2D eigenvalue weighted by molar-refractivity contribution is 6.74. The number of nitriles is 2. The summed E-state index contributed by atoms with van der Waals surface area (Å²) in [5.74, 6) is -1.14. The molecule has 0 saturated carbocycles. The predicted molar refractivity (Wildman–Crippen MR) is 129 cm³/mol. The van der Waals surface area contributed by atoms with E-state index in [0.717, 1.165) is 0 Å².